The molecule has 0 saturated heterocycles. The van der Waals surface area contributed by atoms with Crippen molar-refractivity contribution in [2.45, 2.75) is 19.4 Å². The first-order valence-corrected chi connectivity index (χ1v) is 6.74. The van der Waals surface area contributed by atoms with Gasteiger partial charge in [-0.25, -0.2) is 0 Å². The topological polar surface area (TPSA) is 77.2 Å². The molecule has 5 nitrogen and oxygen atoms in total. The minimum Gasteiger partial charge on any atom is -0.495 e. The summed E-state index contributed by atoms with van der Waals surface area (Å²) in [4.78, 5) is 16.0. The Hall–Kier alpha value is -2.40. The van der Waals surface area contributed by atoms with Gasteiger partial charge in [0.1, 0.15) is 5.75 Å². The maximum absolute atomic E-state index is 11.9. The number of nitrogens with zero attached hydrogens (tertiary/aromatic N) is 1. The predicted molar refractivity (Wildman–Crippen MR) is 83.1 cm³/mol. The van der Waals surface area contributed by atoms with Gasteiger partial charge >= 0.3 is 0 Å². The van der Waals surface area contributed by atoms with E-state index in [1.54, 1.807) is 26.4 Å². The van der Waals surface area contributed by atoms with Crippen LogP contribution in [-0.4, -0.2) is 24.0 Å². The van der Waals surface area contributed by atoms with Crippen LogP contribution in [0.1, 0.15) is 13.3 Å². The maximum atomic E-state index is 11.9. The number of methoxy groups -OCH3 is 1. The molecule has 0 aliphatic rings. The van der Waals surface area contributed by atoms with Crippen LogP contribution in [0.2, 0.25) is 0 Å². The molecule has 21 heavy (non-hydrogen) atoms. The molecule has 0 spiro atoms. The standard InChI is InChI=1S/C16H19N3O2/c1-11(17)8-16(20)19-14-9-12(5-6-15(14)21-2)13-4-3-7-18-10-13/h3-7,9-11H,8,17H2,1-2H3,(H,19,20). The van der Waals surface area contributed by atoms with Crippen molar-refractivity contribution < 1.29 is 9.53 Å². The summed E-state index contributed by atoms with van der Waals surface area (Å²) in [7, 11) is 1.57. The molecule has 1 heterocycles. The molecule has 110 valence electrons. The van der Waals surface area contributed by atoms with Crippen LogP contribution in [0.3, 0.4) is 0 Å². The van der Waals surface area contributed by atoms with Gasteiger partial charge in [0.25, 0.3) is 0 Å². The molecular formula is C16H19N3O2. The second-order valence-electron chi connectivity index (χ2n) is 4.89. The highest BCUT2D eigenvalue weighted by Crippen LogP contribution is 2.30. The van der Waals surface area contributed by atoms with Crippen LogP contribution in [0.15, 0.2) is 42.7 Å². The molecule has 3 N–H and O–H groups in total. The molecule has 0 bridgehead atoms. The summed E-state index contributed by atoms with van der Waals surface area (Å²) in [6, 6.07) is 9.27. The zero-order chi connectivity index (χ0) is 15.2. The number of anilines is 1. The molecule has 0 fully saturated rings. The van der Waals surface area contributed by atoms with Gasteiger partial charge < -0.3 is 15.8 Å². The summed E-state index contributed by atoms with van der Waals surface area (Å²) in [6.45, 7) is 1.79. The minimum absolute atomic E-state index is 0.133. The van der Waals surface area contributed by atoms with E-state index in [-0.39, 0.29) is 18.4 Å². The molecule has 1 aromatic heterocycles. The van der Waals surface area contributed by atoms with Crippen molar-refractivity contribution in [3.05, 3.63) is 42.7 Å². The lowest BCUT2D eigenvalue weighted by Crippen LogP contribution is -2.24. The Kier molecular flexibility index (Phi) is 4.90. The fourth-order valence-corrected chi connectivity index (χ4v) is 2.01. The normalized spacial score (nSPS) is 11.8. The summed E-state index contributed by atoms with van der Waals surface area (Å²) < 4.78 is 5.28. The van der Waals surface area contributed by atoms with Crippen LogP contribution < -0.4 is 15.8 Å². The summed E-state index contributed by atoms with van der Waals surface area (Å²) in [5.74, 6) is 0.479. The van der Waals surface area contributed by atoms with Gasteiger partial charge in [-0.1, -0.05) is 12.1 Å². The van der Waals surface area contributed by atoms with E-state index in [1.165, 1.54) is 0 Å². The number of ether oxygens (including phenoxy) is 1. The lowest BCUT2D eigenvalue weighted by molar-refractivity contribution is -0.116. The molecule has 1 amide bonds. The number of carbonyl (C=O) groups is 1. The van der Waals surface area contributed by atoms with E-state index < -0.39 is 0 Å². The summed E-state index contributed by atoms with van der Waals surface area (Å²) >= 11 is 0. The third-order valence-corrected chi connectivity index (χ3v) is 2.98. The lowest BCUT2D eigenvalue weighted by atomic mass is 10.1. The predicted octanol–water partition coefficient (Wildman–Crippen LogP) is 2.43. The van der Waals surface area contributed by atoms with E-state index in [0.717, 1.165) is 11.1 Å². The van der Waals surface area contributed by atoms with E-state index in [9.17, 15) is 4.79 Å². The van der Waals surface area contributed by atoms with Gasteiger partial charge in [0.05, 0.1) is 12.8 Å². The molecule has 0 aliphatic carbocycles. The van der Waals surface area contributed by atoms with Gasteiger partial charge in [-0.15, -0.1) is 0 Å². The minimum atomic E-state index is -0.183. The number of hydrogen-bond acceptors (Lipinski definition) is 4. The van der Waals surface area contributed by atoms with E-state index in [4.69, 9.17) is 10.5 Å². The van der Waals surface area contributed by atoms with Crippen LogP contribution in [0.4, 0.5) is 5.69 Å². The summed E-state index contributed by atoms with van der Waals surface area (Å²) in [5, 5.41) is 2.84. The van der Waals surface area contributed by atoms with E-state index in [0.29, 0.717) is 11.4 Å². The molecule has 0 aliphatic heterocycles. The number of aromatic nitrogens is 1. The first-order valence-electron chi connectivity index (χ1n) is 6.74. The Morgan fingerprint density at radius 3 is 2.81 bits per heavy atom. The molecular weight excluding hydrogens is 266 g/mol. The van der Waals surface area contributed by atoms with E-state index in [1.807, 2.05) is 30.3 Å². The van der Waals surface area contributed by atoms with Crippen molar-refractivity contribution in [3.63, 3.8) is 0 Å². The van der Waals surface area contributed by atoms with Crippen LogP contribution in [0.5, 0.6) is 5.75 Å². The van der Waals surface area contributed by atoms with Gasteiger partial charge in [0, 0.05) is 30.4 Å². The lowest BCUT2D eigenvalue weighted by Gasteiger charge is -2.13. The van der Waals surface area contributed by atoms with Crippen LogP contribution in [0, 0.1) is 0 Å². The number of carbonyl (C=O) groups excluding carboxylic acids is 1. The van der Waals surface area contributed by atoms with E-state index in [2.05, 4.69) is 10.3 Å². The number of nitrogens with one attached hydrogen (secondary N) is 1. The average molecular weight is 285 g/mol. The Labute approximate surface area is 124 Å². The van der Waals surface area contributed by atoms with Gasteiger partial charge in [0.2, 0.25) is 5.91 Å². The van der Waals surface area contributed by atoms with Gasteiger partial charge in [-0.2, -0.15) is 0 Å². The zero-order valence-corrected chi connectivity index (χ0v) is 12.2. The first-order chi connectivity index (χ1) is 10.1. The van der Waals surface area contributed by atoms with Gasteiger partial charge in [0.15, 0.2) is 0 Å². The van der Waals surface area contributed by atoms with Crippen molar-refractivity contribution in [3.8, 4) is 16.9 Å². The largest absolute Gasteiger partial charge is 0.495 e. The maximum Gasteiger partial charge on any atom is 0.226 e. The molecule has 0 radical (unpaired) electrons. The Morgan fingerprint density at radius 2 is 2.19 bits per heavy atom. The second kappa shape index (κ2) is 6.85. The highest BCUT2D eigenvalue weighted by Gasteiger charge is 2.11. The Morgan fingerprint density at radius 1 is 1.38 bits per heavy atom. The van der Waals surface area contributed by atoms with Gasteiger partial charge in [-0.3, -0.25) is 9.78 Å². The first kappa shape index (κ1) is 15.0. The highest BCUT2D eigenvalue weighted by molar-refractivity contribution is 5.93. The average Bonchev–Trinajstić information content (AvgIpc) is 2.47. The van der Waals surface area contributed by atoms with Crippen molar-refractivity contribution in [2.75, 3.05) is 12.4 Å². The fourth-order valence-electron chi connectivity index (χ4n) is 2.01. The number of pyridine rings is 1. The fraction of sp³-hybridized carbons (Fsp3) is 0.250. The quantitative estimate of drug-likeness (QED) is 0.884. The van der Waals surface area contributed by atoms with Crippen molar-refractivity contribution in [2.24, 2.45) is 5.73 Å². The van der Waals surface area contributed by atoms with Crippen LogP contribution in [0.25, 0.3) is 11.1 Å². The van der Waals surface area contributed by atoms with Gasteiger partial charge in [-0.05, 0) is 30.7 Å². The molecule has 2 rings (SSSR count). The zero-order valence-electron chi connectivity index (χ0n) is 12.2. The molecule has 5 heteroatoms. The number of amides is 1. The second-order valence-corrected chi connectivity index (χ2v) is 4.89. The Balaban J connectivity index is 2.28. The molecule has 1 aromatic carbocycles. The molecule has 1 unspecified atom stereocenters. The molecule has 1 atom stereocenters. The van der Waals surface area contributed by atoms with Crippen LogP contribution >= 0.6 is 0 Å². The number of hydrogen-bond donors (Lipinski definition) is 2. The third-order valence-electron chi connectivity index (χ3n) is 2.98. The number of benzene rings is 1. The van der Waals surface area contributed by atoms with Crippen LogP contribution in [-0.2, 0) is 4.79 Å². The van der Waals surface area contributed by atoms with E-state index >= 15 is 0 Å². The Bertz CT molecular complexity index is 612. The number of nitrogens with two attached hydrogens (primary N) is 1. The van der Waals surface area contributed by atoms with Crippen molar-refractivity contribution in [1.29, 1.82) is 0 Å². The monoisotopic (exact) mass is 285 g/mol. The highest BCUT2D eigenvalue weighted by atomic mass is 16.5. The molecule has 2 aromatic rings. The smallest absolute Gasteiger partial charge is 0.226 e. The SMILES string of the molecule is COc1ccc(-c2cccnc2)cc1NC(=O)CC(C)N. The summed E-state index contributed by atoms with van der Waals surface area (Å²) in [5.41, 5.74) is 8.20. The molecule has 0 saturated carbocycles. The summed E-state index contributed by atoms with van der Waals surface area (Å²) in [6.07, 6.45) is 3.76. The van der Waals surface area contributed by atoms with Crippen molar-refractivity contribution >= 4 is 11.6 Å². The number of rotatable bonds is 5. The van der Waals surface area contributed by atoms with Crippen molar-refractivity contribution in [1.82, 2.24) is 4.98 Å². The third kappa shape index (κ3) is 4.03.